The van der Waals surface area contributed by atoms with Gasteiger partial charge in [0.1, 0.15) is 0 Å². The molecule has 1 aromatic rings. The van der Waals surface area contributed by atoms with E-state index >= 15 is 0 Å². The van der Waals surface area contributed by atoms with Gasteiger partial charge in [-0.1, -0.05) is 41.8 Å². The fourth-order valence-corrected chi connectivity index (χ4v) is 3.35. The maximum absolute atomic E-state index is 13.2. The highest BCUT2D eigenvalue weighted by molar-refractivity contribution is 9.09. The van der Waals surface area contributed by atoms with Gasteiger partial charge >= 0.3 is 0 Å². The van der Waals surface area contributed by atoms with Crippen molar-refractivity contribution in [3.05, 3.63) is 35.4 Å². The summed E-state index contributed by atoms with van der Waals surface area (Å²) in [4.78, 5) is 0.144. The third kappa shape index (κ3) is 3.06. The quantitative estimate of drug-likeness (QED) is 0.656. The first-order valence-corrected chi connectivity index (χ1v) is 7.08. The highest BCUT2D eigenvalue weighted by Gasteiger charge is 2.25. The van der Waals surface area contributed by atoms with Gasteiger partial charge in [0.25, 0.3) is 0 Å². The van der Waals surface area contributed by atoms with Crippen molar-refractivity contribution >= 4 is 15.9 Å². The molecule has 1 saturated carbocycles. The molecule has 0 aromatic heterocycles. The average Bonchev–Trinajstić information content (AvgIpc) is 2.33. The number of benzene rings is 1. The van der Waals surface area contributed by atoms with Crippen molar-refractivity contribution in [2.75, 3.05) is 0 Å². The van der Waals surface area contributed by atoms with Crippen LogP contribution in [-0.2, 0) is 0 Å². The van der Waals surface area contributed by atoms with E-state index in [1.165, 1.54) is 25.0 Å². The average molecular weight is 303 g/mol. The van der Waals surface area contributed by atoms with Crippen LogP contribution < -0.4 is 0 Å². The lowest BCUT2D eigenvalue weighted by Gasteiger charge is -2.30. The van der Waals surface area contributed by atoms with Crippen molar-refractivity contribution < 1.29 is 8.78 Å². The second kappa shape index (κ2) is 5.47. The number of rotatable bonds is 2. The summed E-state index contributed by atoms with van der Waals surface area (Å²) in [6, 6.07) is 4.20. The number of alkyl halides is 1. The van der Waals surface area contributed by atoms with Gasteiger partial charge in [-0.15, -0.1) is 0 Å². The maximum Gasteiger partial charge on any atom is 0.159 e. The second-order valence-electron chi connectivity index (χ2n) is 5.10. The molecule has 0 radical (unpaired) electrons. The Morgan fingerprint density at radius 1 is 1.12 bits per heavy atom. The van der Waals surface area contributed by atoms with Gasteiger partial charge in [0.05, 0.1) is 0 Å². The molecule has 0 N–H and O–H groups in total. The SMILES string of the molecule is CC1CCC(C(Br)c2ccc(F)c(F)c2)CC1. The van der Waals surface area contributed by atoms with Crippen molar-refractivity contribution in [3.63, 3.8) is 0 Å². The summed E-state index contributed by atoms with van der Waals surface area (Å²) in [7, 11) is 0. The van der Waals surface area contributed by atoms with Crippen molar-refractivity contribution in [2.45, 2.75) is 37.4 Å². The number of halogens is 3. The van der Waals surface area contributed by atoms with Crippen LogP contribution in [0.4, 0.5) is 8.78 Å². The lowest BCUT2D eigenvalue weighted by atomic mass is 9.80. The van der Waals surface area contributed by atoms with E-state index in [0.717, 1.165) is 24.3 Å². The van der Waals surface area contributed by atoms with E-state index in [4.69, 9.17) is 0 Å². The van der Waals surface area contributed by atoms with Crippen LogP contribution in [0, 0.1) is 23.5 Å². The Morgan fingerprint density at radius 3 is 2.35 bits per heavy atom. The van der Waals surface area contributed by atoms with Crippen molar-refractivity contribution in [3.8, 4) is 0 Å². The Hall–Kier alpha value is -0.440. The standard InChI is InChI=1S/C14H17BrF2/c1-9-2-4-10(5-3-9)14(15)11-6-7-12(16)13(17)8-11/h6-10,14H,2-5H2,1H3. The Labute approximate surface area is 110 Å². The van der Waals surface area contributed by atoms with Gasteiger partial charge in [-0.3, -0.25) is 0 Å². The zero-order valence-electron chi connectivity index (χ0n) is 9.93. The summed E-state index contributed by atoms with van der Waals surface area (Å²) in [6.45, 7) is 2.27. The van der Waals surface area contributed by atoms with Crippen LogP contribution in [0.5, 0.6) is 0 Å². The van der Waals surface area contributed by atoms with Gasteiger partial charge in [0, 0.05) is 4.83 Å². The van der Waals surface area contributed by atoms with Crippen LogP contribution in [0.25, 0.3) is 0 Å². The van der Waals surface area contributed by atoms with Crippen LogP contribution in [0.15, 0.2) is 18.2 Å². The highest BCUT2D eigenvalue weighted by Crippen LogP contribution is 2.41. The predicted molar refractivity (Wildman–Crippen MR) is 69.1 cm³/mol. The number of hydrogen-bond acceptors (Lipinski definition) is 0. The molecule has 1 aliphatic carbocycles. The molecule has 17 heavy (non-hydrogen) atoms. The van der Waals surface area contributed by atoms with Gasteiger partial charge in [-0.25, -0.2) is 8.78 Å². The van der Waals surface area contributed by atoms with E-state index in [9.17, 15) is 8.78 Å². The summed E-state index contributed by atoms with van der Waals surface area (Å²) >= 11 is 3.64. The van der Waals surface area contributed by atoms with Crippen LogP contribution in [0.1, 0.15) is 43.0 Å². The van der Waals surface area contributed by atoms with E-state index < -0.39 is 11.6 Å². The fraction of sp³-hybridized carbons (Fsp3) is 0.571. The van der Waals surface area contributed by atoms with E-state index in [0.29, 0.717) is 5.92 Å². The van der Waals surface area contributed by atoms with Crippen molar-refractivity contribution in [2.24, 2.45) is 11.8 Å². The van der Waals surface area contributed by atoms with Gasteiger partial charge in [0.15, 0.2) is 11.6 Å². The monoisotopic (exact) mass is 302 g/mol. The number of hydrogen-bond donors (Lipinski definition) is 0. The van der Waals surface area contributed by atoms with Crippen LogP contribution >= 0.6 is 15.9 Å². The van der Waals surface area contributed by atoms with E-state index in [-0.39, 0.29) is 4.83 Å². The first kappa shape index (κ1) is 13.0. The molecule has 0 saturated heterocycles. The third-order valence-electron chi connectivity index (χ3n) is 3.74. The lowest BCUT2D eigenvalue weighted by Crippen LogP contribution is -2.16. The molecule has 0 amide bonds. The molecule has 1 aromatic carbocycles. The second-order valence-corrected chi connectivity index (χ2v) is 6.08. The predicted octanol–water partition coefficient (Wildman–Crippen LogP) is 5.23. The zero-order valence-corrected chi connectivity index (χ0v) is 11.5. The summed E-state index contributed by atoms with van der Waals surface area (Å²) < 4.78 is 26.0. The molecular formula is C14H17BrF2. The van der Waals surface area contributed by atoms with E-state index in [1.807, 2.05) is 0 Å². The van der Waals surface area contributed by atoms with E-state index in [2.05, 4.69) is 22.9 Å². The molecule has 0 nitrogen and oxygen atoms in total. The topological polar surface area (TPSA) is 0 Å². The molecule has 94 valence electrons. The minimum atomic E-state index is -0.772. The molecule has 1 unspecified atom stereocenters. The van der Waals surface area contributed by atoms with E-state index in [1.54, 1.807) is 6.07 Å². The lowest BCUT2D eigenvalue weighted by molar-refractivity contribution is 0.287. The first-order chi connectivity index (χ1) is 8.08. The Morgan fingerprint density at radius 2 is 1.76 bits per heavy atom. The maximum atomic E-state index is 13.2. The van der Waals surface area contributed by atoms with Crippen molar-refractivity contribution in [1.82, 2.24) is 0 Å². The molecule has 1 atom stereocenters. The molecule has 0 heterocycles. The molecule has 0 aliphatic heterocycles. The summed E-state index contributed by atoms with van der Waals surface area (Å²) in [6.07, 6.45) is 4.79. The van der Waals surface area contributed by atoms with Gasteiger partial charge in [0.2, 0.25) is 0 Å². The molecule has 0 bridgehead atoms. The summed E-state index contributed by atoms with van der Waals surface area (Å²) in [5, 5.41) is 0. The molecule has 0 spiro atoms. The summed E-state index contributed by atoms with van der Waals surface area (Å²) in [5.41, 5.74) is 0.850. The summed E-state index contributed by atoms with van der Waals surface area (Å²) in [5.74, 6) is -0.186. The Bertz CT molecular complexity index is 384. The first-order valence-electron chi connectivity index (χ1n) is 6.17. The van der Waals surface area contributed by atoms with Gasteiger partial charge in [-0.05, 0) is 42.4 Å². The smallest absolute Gasteiger partial charge is 0.159 e. The Kier molecular flexibility index (Phi) is 4.18. The molecule has 1 fully saturated rings. The molecular weight excluding hydrogens is 286 g/mol. The largest absolute Gasteiger partial charge is 0.204 e. The minimum Gasteiger partial charge on any atom is -0.204 e. The molecule has 3 heteroatoms. The van der Waals surface area contributed by atoms with Gasteiger partial charge in [-0.2, -0.15) is 0 Å². The van der Waals surface area contributed by atoms with Gasteiger partial charge < -0.3 is 0 Å². The normalized spacial score (nSPS) is 26.8. The molecule has 1 aliphatic rings. The Balaban J connectivity index is 2.08. The van der Waals surface area contributed by atoms with Crippen LogP contribution in [0.2, 0.25) is 0 Å². The van der Waals surface area contributed by atoms with Crippen LogP contribution in [0.3, 0.4) is 0 Å². The highest BCUT2D eigenvalue weighted by atomic mass is 79.9. The zero-order chi connectivity index (χ0) is 12.4. The minimum absolute atomic E-state index is 0.144. The third-order valence-corrected chi connectivity index (χ3v) is 5.01. The van der Waals surface area contributed by atoms with Crippen LogP contribution in [-0.4, -0.2) is 0 Å². The fourth-order valence-electron chi connectivity index (χ4n) is 2.53. The van der Waals surface area contributed by atoms with Crippen molar-refractivity contribution in [1.29, 1.82) is 0 Å². The molecule has 2 rings (SSSR count).